The number of hydrogen-bond acceptors (Lipinski definition) is 2. The van der Waals surface area contributed by atoms with Gasteiger partial charge in [-0.3, -0.25) is 0 Å². The molecule has 0 saturated heterocycles. The Kier molecular flexibility index (Phi) is 13.6. The molecule has 0 aliphatic heterocycles. The van der Waals surface area contributed by atoms with Gasteiger partial charge in [-0.1, -0.05) is 184 Å². The van der Waals surface area contributed by atoms with Crippen LogP contribution in [0.15, 0.2) is 231 Å². The van der Waals surface area contributed by atoms with Crippen LogP contribution >= 0.6 is 0 Å². The predicted octanol–water partition coefficient (Wildman–Crippen LogP) is 19.6. The van der Waals surface area contributed by atoms with E-state index in [2.05, 4.69) is 282 Å². The van der Waals surface area contributed by atoms with Crippen molar-refractivity contribution in [2.45, 2.75) is 60.8 Å². The third-order valence-corrected chi connectivity index (χ3v) is 14.2. The Morgan fingerprint density at radius 2 is 0.451 bits per heavy atom. The first-order chi connectivity index (χ1) is 34.7. The fraction of sp³-hybridized carbons (Fsp3) is 0.130. The van der Waals surface area contributed by atoms with E-state index < -0.39 is 0 Å². The number of anilines is 6. The van der Waals surface area contributed by atoms with E-state index in [0.29, 0.717) is 0 Å². The second-order valence-corrected chi connectivity index (χ2v) is 18.9. The topological polar surface area (TPSA) is 6.48 Å². The third-order valence-electron chi connectivity index (χ3n) is 14.2. The molecule has 0 aromatic heterocycles. The molecule has 0 N–H and O–H groups in total. The van der Waals surface area contributed by atoms with Crippen LogP contribution in [0.1, 0.15) is 54.2 Å². The molecule has 2 nitrogen and oxygen atoms in total. The molecule has 0 amide bonds. The molecule has 0 bridgehead atoms. The molecule has 10 rings (SSSR count). The highest BCUT2D eigenvalue weighted by atomic mass is 15.1. The van der Waals surface area contributed by atoms with E-state index in [9.17, 15) is 0 Å². The van der Waals surface area contributed by atoms with Gasteiger partial charge in [-0.25, -0.2) is 0 Å². The maximum Gasteiger partial charge on any atom is 0.0491 e. The van der Waals surface area contributed by atoms with Gasteiger partial charge in [0.15, 0.2) is 0 Å². The second-order valence-electron chi connectivity index (χ2n) is 18.9. The van der Waals surface area contributed by atoms with Crippen LogP contribution in [0.2, 0.25) is 0 Å². The SMILES string of the molecule is CCc1ccc(-c2ccc(N(c3ccc(-c4ccc(C)cc4)cc3)c3ccc(-c4ccc(N(c5ccc(-c6ccc(CC)cc6)cc5)c5ccc(-c6ccc(CC)cc6)cc5)c(C)c4)cc3C)cc2)cc1. The Morgan fingerprint density at radius 3 is 0.676 bits per heavy atom. The zero-order chi connectivity index (χ0) is 48.8. The van der Waals surface area contributed by atoms with Crippen molar-refractivity contribution in [1.29, 1.82) is 0 Å². The quantitative estimate of drug-likeness (QED) is 0.107. The molecule has 0 spiro atoms. The summed E-state index contributed by atoms with van der Waals surface area (Å²) in [6, 6.07) is 85.5. The largest absolute Gasteiger partial charge is 0.310 e. The van der Waals surface area contributed by atoms with Crippen molar-refractivity contribution < 1.29 is 0 Å². The summed E-state index contributed by atoms with van der Waals surface area (Å²) in [5.41, 5.74) is 26.6. The first kappa shape index (κ1) is 46.5. The Morgan fingerprint density at radius 1 is 0.239 bits per heavy atom. The Bertz CT molecular complexity index is 3270. The van der Waals surface area contributed by atoms with Crippen LogP contribution in [0.25, 0.3) is 55.6 Å². The molecule has 0 aliphatic rings. The monoisotopic (exact) mass is 918 g/mol. The van der Waals surface area contributed by atoms with Crippen LogP contribution in [0.3, 0.4) is 0 Å². The lowest BCUT2D eigenvalue weighted by Gasteiger charge is -2.28. The van der Waals surface area contributed by atoms with E-state index in [1.165, 1.54) is 89.0 Å². The van der Waals surface area contributed by atoms with Gasteiger partial charge in [0, 0.05) is 34.1 Å². The highest BCUT2D eigenvalue weighted by molar-refractivity contribution is 5.85. The minimum atomic E-state index is 1.04. The van der Waals surface area contributed by atoms with Crippen molar-refractivity contribution in [2.75, 3.05) is 9.80 Å². The molecular formula is C69H62N2. The maximum absolute atomic E-state index is 2.40. The minimum absolute atomic E-state index is 1.04. The third kappa shape index (κ3) is 10.1. The Labute approximate surface area is 422 Å². The van der Waals surface area contributed by atoms with Crippen LogP contribution < -0.4 is 9.80 Å². The lowest BCUT2D eigenvalue weighted by Crippen LogP contribution is -2.12. The molecule has 0 radical (unpaired) electrons. The summed E-state index contributed by atoms with van der Waals surface area (Å²) in [6.45, 7) is 13.2. The van der Waals surface area contributed by atoms with E-state index in [-0.39, 0.29) is 0 Å². The van der Waals surface area contributed by atoms with Gasteiger partial charge in [-0.05, 0) is 196 Å². The summed E-state index contributed by atoms with van der Waals surface area (Å²) < 4.78 is 0. The molecule has 10 aromatic carbocycles. The van der Waals surface area contributed by atoms with Gasteiger partial charge >= 0.3 is 0 Å². The van der Waals surface area contributed by atoms with Gasteiger partial charge in [-0.15, -0.1) is 0 Å². The van der Waals surface area contributed by atoms with Gasteiger partial charge in [0.25, 0.3) is 0 Å². The highest BCUT2D eigenvalue weighted by Gasteiger charge is 2.19. The molecule has 2 heteroatoms. The van der Waals surface area contributed by atoms with Crippen molar-refractivity contribution in [3.05, 3.63) is 264 Å². The van der Waals surface area contributed by atoms with E-state index >= 15 is 0 Å². The summed E-state index contributed by atoms with van der Waals surface area (Å²) in [5, 5.41) is 0. The number of rotatable bonds is 14. The van der Waals surface area contributed by atoms with Crippen LogP contribution in [-0.2, 0) is 19.3 Å². The second kappa shape index (κ2) is 20.8. The summed E-state index contributed by atoms with van der Waals surface area (Å²) in [7, 11) is 0. The minimum Gasteiger partial charge on any atom is -0.310 e. The molecule has 71 heavy (non-hydrogen) atoms. The predicted molar refractivity (Wildman–Crippen MR) is 305 cm³/mol. The summed E-state index contributed by atoms with van der Waals surface area (Å²) in [5.74, 6) is 0. The smallest absolute Gasteiger partial charge is 0.0491 e. The molecule has 0 aliphatic carbocycles. The molecule has 10 aromatic rings. The van der Waals surface area contributed by atoms with Crippen LogP contribution in [0.4, 0.5) is 34.1 Å². The van der Waals surface area contributed by atoms with E-state index in [0.717, 1.165) is 53.4 Å². The van der Waals surface area contributed by atoms with E-state index in [1.807, 2.05) is 0 Å². The number of hydrogen-bond donors (Lipinski definition) is 0. The average Bonchev–Trinajstić information content (AvgIpc) is 3.43. The van der Waals surface area contributed by atoms with Crippen LogP contribution in [0, 0.1) is 20.8 Å². The summed E-state index contributed by atoms with van der Waals surface area (Å²) in [4.78, 5) is 4.79. The first-order valence-electron chi connectivity index (χ1n) is 25.3. The molecule has 0 heterocycles. The average molecular weight is 919 g/mol. The number of aryl methyl sites for hydroxylation is 6. The molecule has 0 saturated carbocycles. The van der Waals surface area contributed by atoms with Crippen molar-refractivity contribution in [2.24, 2.45) is 0 Å². The Balaban J connectivity index is 0.987. The molecule has 348 valence electrons. The first-order valence-corrected chi connectivity index (χ1v) is 25.3. The van der Waals surface area contributed by atoms with Crippen LogP contribution in [0.5, 0.6) is 0 Å². The standard InChI is InChI=1S/C69H62N2/c1-7-51-12-20-55(21-13-51)59-28-38-65(39-29-59)70(64-36-26-58(27-37-64)54-18-10-48(4)11-19-54)68-44-34-62(46-49(68)5)63-35-45-69(50(6)47-63)71(66-40-30-60(31-41-66)56-22-14-52(8-2)15-23-56)67-42-32-61(33-43-67)57-24-16-53(9-3)17-25-57/h10-47H,7-9H2,1-6H3. The molecule has 0 atom stereocenters. The normalized spacial score (nSPS) is 11.1. The van der Waals surface area contributed by atoms with E-state index in [1.54, 1.807) is 0 Å². The Hall–Kier alpha value is -8.20. The van der Waals surface area contributed by atoms with E-state index in [4.69, 9.17) is 0 Å². The number of benzene rings is 10. The fourth-order valence-corrected chi connectivity index (χ4v) is 9.78. The van der Waals surface area contributed by atoms with Gasteiger partial charge in [-0.2, -0.15) is 0 Å². The molecular weight excluding hydrogens is 857 g/mol. The van der Waals surface area contributed by atoms with Crippen molar-refractivity contribution in [3.63, 3.8) is 0 Å². The fourth-order valence-electron chi connectivity index (χ4n) is 9.78. The molecule has 0 unspecified atom stereocenters. The lowest BCUT2D eigenvalue weighted by molar-refractivity contribution is 1.14. The van der Waals surface area contributed by atoms with Crippen LogP contribution in [-0.4, -0.2) is 0 Å². The van der Waals surface area contributed by atoms with Gasteiger partial charge in [0.1, 0.15) is 0 Å². The maximum atomic E-state index is 2.40. The lowest BCUT2D eigenvalue weighted by atomic mass is 9.97. The van der Waals surface area contributed by atoms with Gasteiger partial charge in [0.2, 0.25) is 0 Å². The van der Waals surface area contributed by atoms with Crippen molar-refractivity contribution >= 4 is 34.1 Å². The van der Waals surface area contributed by atoms with Crippen molar-refractivity contribution in [1.82, 2.24) is 0 Å². The summed E-state index contributed by atoms with van der Waals surface area (Å²) in [6.07, 6.45) is 3.11. The highest BCUT2D eigenvalue weighted by Crippen LogP contribution is 2.43. The van der Waals surface area contributed by atoms with Gasteiger partial charge < -0.3 is 9.80 Å². The molecule has 0 fully saturated rings. The zero-order valence-electron chi connectivity index (χ0n) is 42.0. The zero-order valence-corrected chi connectivity index (χ0v) is 42.0. The number of nitrogens with zero attached hydrogens (tertiary/aromatic N) is 2. The summed E-state index contributed by atoms with van der Waals surface area (Å²) >= 11 is 0. The van der Waals surface area contributed by atoms with Crippen molar-refractivity contribution in [3.8, 4) is 55.6 Å². The van der Waals surface area contributed by atoms with Gasteiger partial charge in [0.05, 0.1) is 0 Å².